The molecule has 1 nitrogen and oxygen atoms in total. The first-order valence-corrected chi connectivity index (χ1v) is 4.95. The summed E-state index contributed by atoms with van der Waals surface area (Å²) in [5.74, 6) is 0.964. The van der Waals surface area contributed by atoms with Crippen LogP contribution in [0.3, 0.4) is 0 Å². The number of fused-ring (bicyclic) bond motifs is 2. The third-order valence-electron chi connectivity index (χ3n) is 3.06. The van der Waals surface area contributed by atoms with E-state index in [0.717, 1.165) is 16.9 Å². The topological polar surface area (TPSA) is 3.24 Å². The lowest BCUT2D eigenvalue weighted by Crippen LogP contribution is -2.31. The Kier molecular flexibility index (Phi) is 1.88. The van der Waals surface area contributed by atoms with Crippen LogP contribution in [0, 0.1) is 5.92 Å². The van der Waals surface area contributed by atoms with Crippen LogP contribution in [-0.2, 0) is 0 Å². The number of likely N-dealkylation sites (tertiary alicyclic amines) is 1. The Bertz CT molecular complexity index is 178. The van der Waals surface area contributed by atoms with Crippen LogP contribution in [0.15, 0.2) is 0 Å². The standard InChI is InChI=1S/C9H15NS/c1-7(11)10-6-8-3-2-4-9(10)5-8/h8-9H,2-6H2,1H3. The summed E-state index contributed by atoms with van der Waals surface area (Å²) >= 11 is 5.21. The fourth-order valence-electron chi connectivity index (χ4n) is 2.52. The Morgan fingerprint density at radius 1 is 1.45 bits per heavy atom. The molecule has 1 aliphatic carbocycles. The second-order valence-electron chi connectivity index (χ2n) is 3.86. The second kappa shape index (κ2) is 2.74. The van der Waals surface area contributed by atoms with Crippen LogP contribution in [-0.4, -0.2) is 22.5 Å². The molecule has 2 fully saturated rings. The summed E-state index contributed by atoms with van der Waals surface area (Å²) in [6, 6.07) is 0.811. The molecule has 62 valence electrons. The maximum absolute atomic E-state index is 5.21. The predicted octanol–water partition coefficient (Wildman–Crippen LogP) is 2.21. The molecule has 2 unspecified atom stereocenters. The molecule has 1 aliphatic heterocycles. The van der Waals surface area contributed by atoms with Crippen LogP contribution in [0.2, 0.25) is 0 Å². The molecule has 2 aliphatic rings. The highest BCUT2D eigenvalue weighted by Gasteiger charge is 2.34. The van der Waals surface area contributed by atoms with E-state index in [0.29, 0.717) is 0 Å². The van der Waals surface area contributed by atoms with Crippen LogP contribution in [0.4, 0.5) is 0 Å². The zero-order chi connectivity index (χ0) is 7.84. The quantitative estimate of drug-likeness (QED) is 0.511. The number of nitrogens with zero attached hydrogens (tertiary/aromatic N) is 1. The molecule has 0 spiro atoms. The summed E-state index contributed by atoms with van der Waals surface area (Å²) in [6.45, 7) is 3.32. The zero-order valence-corrected chi connectivity index (χ0v) is 7.86. The molecule has 2 rings (SSSR count). The molecule has 0 radical (unpaired) electrons. The average Bonchev–Trinajstić information content (AvgIpc) is 2.27. The predicted molar refractivity (Wildman–Crippen MR) is 50.7 cm³/mol. The fraction of sp³-hybridized carbons (Fsp3) is 0.889. The molecule has 0 aromatic rings. The minimum atomic E-state index is 0.811. The first-order valence-electron chi connectivity index (χ1n) is 4.54. The molecule has 11 heavy (non-hydrogen) atoms. The van der Waals surface area contributed by atoms with Crippen molar-refractivity contribution in [2.75, 3.05) is 6.54 Å². The highest BCUT2D eigenvalue weighted by atomic mass is 32.1. The molecule has 0 aromatic heterocycles. The molecule has 2 heteroatoms. The first kappa shape index (κ1) is 7.53. The van der Waals surface area contributed by atoms with Gasteiger partial charge in [0, 0.05) is 12.6 Å². The number of hydrogen-bond acceptors (Lipinski definition) is 1. The van der Waals surface area contributed by atoms with Crippen molar-refractivity contribution in [1.82, 2.24) is 4.90 Å². The van der Waals surface area contributed by atoms with E-state index in [1.54, 1.807) is 0 Å². The van der Waals surface area contributed by atoms with E-state index in [-0.39, 0.29) is 0 Å². The molecular formula is C9H15NS. The van der Waals surface area contributed by atoms with Gasteiger partial charge in [-0.05, 0) is 32.1 Å². The summed E-state index contributed by atoms with van der Waals surface area (Å²) < 4.78 is 0. The largest absolute Gasteiger partial charge is 0.363 e. The minimum absolute atomic E-state index is 0.811. The second-order valence-corrected chi connectivity index (χ2v) is 4.45. The Morgan fingerprint density at radius 3 is 2.91 bits per heavy atom. The van der Waals surface area contributed by atoms with E-state index in [2.05, 4.69) is 11.8 Å². The van der Waals surface area contributed by atoms with Crippen LogP contribution in [0.5, 0.6) is 0 Å². The highest BCUT2D eigenvalue weighted by Crippen LogP contribution is 2.35. The average molecular weight is 169 g/mol. The number of hydrogen-bond donors (Lipinski definition) is 0. The van der Waals surface area contributed by atoms with Gasteiger partial charge in [-0.1, -0.05) is 18.6 Å². The Balaban J connectivity index is 2.08. The smallest absolute Gasteiger partial charge is 0.0750 e. The van der Waals surface area contributed by atoms with Crippen molar-refractivity contribution in [3.8, 4) is 0 Å². The maximum Gasteiger partial charge on any atom is 0.0750 e. The van der Waals surface area contributed by atoms with Crippen molar-refractivity contribution >= 4 is 17.2 Å². The summed E-state index contributed by atoms with van der Waals surface area (Å²) in [6.07, 6.45) is 5.66. The van der Waals surface area contributed by atoms with Gasteiger partial charge < -0.3 is 4.90 Å². The highest BCUT2D eigenvalue weighted by molar-refractivity contribution is 7.80. The molecule has 2 atom stereocenters. The van der Waals surface area contributed by atoms with Gasteiger partial charge in [0.15, 0.2) is 0 Å². The van der Waals surface area contributed by atoms with Gasteiger partial charge in [-0.15, -0.1) is 0 Å². The Labute approximate surface area is 73.8 Å². The van der Waals surface area contributed by atoms with Gasteiger partial charge in [0.1, 0.15) is 0 Å². The molecule has 0 N–H and O–H groups in total. The van der Waals surface area contributed by atoms with Crippen molar-refractivity contribution in [3.05, 3.63) is 0 Å². The molecule has 0 aromatic carbocycles. The summed E-state index contributed by atoms with van der Waals surface area (Å²) in [4.78, 5) is 3.55. The SMILES string of the molecule is CC(=S)N1CC2CCCC1C2. The molecular weight excluding hydrogens is 154 g/mol. The third kappa shape index (κ3) is 1.28. The third-order valence-corrected chi connectivity index (χ3v) is 3.29. The van der Waals surface area contributed by atoms with Crippen molar-refractivity contribution in [2.24, 2.45) is 5.92 Å². The Hall–Kier alpha value is -0.110. The lowest BCUT2D eigenvalue weighted by Gasteiger charge is -2.24. The lowest BCUT2D eigenvalue weighted by atomic mass is 9.90. The van der Waals surface area contributed by atoms with E-state index in [1.807, 2.05) is 0 Å². The minimum Gasteiger partial charge on any atom is -0.363 e. The van der Waals surface area contributed by atoms with Gasteiger partial charge in [-0.25, -0.2) is 0 Å². The van der Waals surface area contributed by atoms with Gasteiger partial charge in [0.05, 0.1) is 4.99 Å². The molecule has 1 saturated heterocycles. The normalized spacial score (nSPS) is 35.9. The lowest BCUT2D eigenvalue weighted by molar-refractivity contribution is 0.356. The van der Waals surface area contributed by atoms with Crippen molar-refractivity contribution in [1.29, 1.82) is 0 Å². The first-order chi connectivity index (χ1) is 5.27. The van der Waals surface area contributed by atoms with Gasteiger partial charge in [-0.3, -0.25) is 0 Å². The van der Waals surface area contributed by atoms with Crippen LogP contribution in [0.25, 0.3) is 0 Å². The summed E-state index contributed by atoms with van der Waals surface area (Å²) in [5, 5.41) is 0. The van der Waals surface area contributed by atoms with Gasteiger partial charge in [0.25, 0.3) is 0 Å². The van der Waals surface area contributed by atoms with Gasteiger partial charge in [0.2, 0.25) is 0 Å². The molecule has 2 bridgehead atoms. The van der Waals surface area contributed by atoms with E-state index in [4.69, 9.17) is 12.2 Å². The van der Waals surface area contributed by atoms with Gasteiger partial charge in [-0.2, -0.15) is 0 Å². The molecule has 0 amide bonds. The maximum atomic E-state index is 5.21. The van der Waals surface area contributed by atoms with E-state index < -0.39 is 0 Å². The summed E-state index contributed by atoms with van der Waals surface area (Å²) in [5.41, 5.74) is 0. The zero-order valence-electron chi connectivity index (χ0n) is 7.05. The fourth-order valence-corrected chi connectivity index (χ4v) is 2.75. The Morgan fingerprint density at radius 2 is 2.27 bits per heavy atom. The molecule has 1 saturated carbocycles. The van der Waals surface area contributed by atoms with E-state index >= 15 is 0 Å². The van der Waals surface area contributed by atoms with Crippen molar-refractivity contribution < 1.29 is 0 Å². The van der Waals surface area contributed by atoms with Crippen LogP contribution < -0.4 is 0 Å². The van der Waals surface area contributed by atoms with Gasteiger partial charge >= 0.3 is 0 Å². The van der Waals surface area contributed by atoms with Crippen molar-refractivity contribution in [3.63, 3.8) is 0 Å². The molecule has 1 heterocycles. The summed E-state index contributed by atoms with van der Waals surface area (Å²) in [7, 11) is 0. The van der Waals surface area contributed by atoms with Crippen molar-refractivity contribution in [2.45, 2.75) is 38.6 Å². The van der Waals surface area contributed by atoms with Crippen LogP contribution >= 0.6 is 12.2 Å². The number of thiocarbonyl (C=S) groups is 1. The number of rotatable bonds is 0. The van der Waals surface area contributed by atoms with E-state index in [9.17, 15) is 0 Å². The van der Waals surface area contributed by atoms with E-state index in [1.165, 1.54) is 32.2 Å². The monoisotopic (exact) mass is 169 g/mol. The van der Waals surface area contributed by atoms with Crippen LogP contribution in [0.1, 0.15) is 32.6 Å².